The number of hydrogen-bond acceptors (Lipinski definition) is 15. The van der Waals surface area contributed by atoms with Crippen LogP contribution in [-0.4, -0.2) is 137 Å². The first-order valence-electron chi connectivity index (χ1n) is 16.7. The van der Waals surface area contributed by atoms with Gasteiger partial charge < -0.3 is 45.9 Å². The number of nitrogens with zero attached hydrogens (tertiary/aromatic N) is 4. The number of anilines is 1. The summed E-state index contributed by atoms with van der Waals surface area (Å²) in [7, 11) is 0. The van der Waals surface area contributed by atoms with Crippen molar-refractivity contribution in [3.8, 4) is 11.5 Å². The van der Waals surface area contributed by atoms with E-state index in [0.29, 0.717) is 49.1 Å². The van der Waals surface area contributed by atoms with Crippen LogP contribution in [-0.2, 0) is 33.6 Å². The second-order valence-electron chi connectivity index (χ2n) is 13.9. The van der Waals surface area contributed by atoms with E-state index in [1.54, 1.807) is 0 Å². The maximum Gasteiger partial charge on any atom is 0.352 e. The number of phenolic OH excluding ortho intramolecular Hbond substituents is 2. The number of Topliss-reactive ketones (excluding diaryl/α,β-unsaturated/α-hetero) is 2. The Bertz CT molecular complexity index is 2080. The standard InChI is InChI=1S/C33H33ClN6O13S2/c34-22-15(1-2-18(41)26(22)46)25(45)27(47)36-12-33-3-5-40(13-33,6-4-33)9-14-10-54-29-16(28(48)39(29)24(14)31(51)52)7-19(42)23(17-11-55-32(35)37-17)38-53-20(30(49)50)8-21(43)44/h1-2,11,16,20,29H,3-10,12-13H2,(H7-,35,36,37,38,41,42,43,44,45,46,47,49,50,51,52)/p+1/t16-,20+,29-,33?,40?/m1/s1. The fraction of sp³-hybridized carbons (Fsp3) is 0.424. The van der Waals surface area contributed by atoms with Gasteiger partial charge in [0.2, 0.25) is 12.0 Å². The van der Waals surface area contributed by atoms with Crippen molar-refractivity contribution in [3.05, 3.63) is 45.1 Å². The molecule has 4 aliphatic rings. The van der Waals surface area contributed by atoms with E-state index in [0.717, 1.165) is 23.5 Å². The van der Waals surface area contributed by atoms with E-state index in [2.05, 4.69) is 15.5 Å². The van der Waals surface area contributed by atoms with Gasteiger partial charge in [-0.25, -0.2) is 14.6 Å². The number of carboxylic acids is 3. The van der Waals surface area contributed by atoms with Gasteiger partial charge in [0, 0.05) is 47.9 Å². The molecule has 3 atom stereocenters. The van der Waals surface area contributed by atoms with E-state index in [1.165, 1.54) is 22.0 Å². The van der Waals surface area contributed by atoms with Gasteiger partial charge in [-0.3, -0.25) is 28.9 Å². The minimum Gasteiger partial charge on any atom is -0.504 e. The second kappa shape index (κ2) is 15.1. The number of fused-ring (bicyclic) bond motifs is 3. The molecule has 55 heavy (non-hydrogen) atoms. The molecular weight excluding hydrogens is 788 g/mol. The van der Waals surface area contributed by atoms with Gasteiger partial charge in [-0.1, -0.05) is 16.8 Å². The van der Waals surface area contributed by atoms with Crippen LogP contribution >= 0.6 is 34.7 Å². The number of quaternary nitrogens is 1. The number of nitrogens with one attached hydrogen (secondary N) is 1. The molecule has 3 fully saturated rings. The summed E-state index contributed by atoms with van der Waals surface area (Å²) in [5, 5.41) is 54.7. The van der Waals surface area contributed by atoms with Crippen molar-refractivity contribution >= 4 is 86.8 Å². The van der Waals surface area contributed by atoms with E-state index < -0.39 is 93.8 Å². The normalized spacial score (nSPS) is 24.9. The van der Waals surface area contributed by atoms with Gasteiger partial charge in [0.15, 0.2) is 28.1 Å². The number of carboxylic acid groups (broad SMARTS) is 3. The Morgan fingerprint density at radius 1 is 1.15 bits per heavy atom. The predicted octanol–water partition coefficient (Wildman–Crippen LogP) is 0.877. The van der Waals surface area contributed by atoms with E-state index in [4.69, 9.17) is 27.3 Å². The minimum atomic E-state index is -1.93. The van der Waals surface area contributed by atoms with Crippen molar-refractivity contribution < 1.29 is 68.4 Å². The number of thioether (sulfide) groups is 1. The maximum absolute atomic E-state index is 13.5. The highest BCUT2D eigenvalue weighted by atomic mass is 35.5. The zero-order valence-corrected chi connectivity index (χ0v) is 31.0. The summed E-state index contributed by atoms with van der Waals surface area (Å²) in [6.45, 7) is 2.40. The van der Waals surface area contributed by atoms with E-state index in [1.807, 2.05) is 0 Å². The van der Waals surface area contributed by atoms with Crippen molar-refractivity contribution in [3.63, 3.8) is 0 Å². The fourth-order valence-corrected chi connectivity index (χ4v) is 9.78. The molecule has 0 aliphatic carbocycles. The summed E-state index contributed by atoms with van der Waals surface area (Å²) in [5.41, 5.74) is 4.90. The number of oxime groups is 1. The number of thiazole rings is 1. The summed E-state index contributed by atoms with van der Waals surface area (Å²) in [5.74, 6) is -9.70. The first-order chi connectivity index (χ1) is 25.9. The van der Waals surface area contributed by atoms with Crippen LogP contribution in [0.15, 0.2) is 33.9 Å². The van der Waals surface area contributed by atoms with Gasteiger partial charge in [-0.2, -0.15) is 0 Å². The van der Waals surface area contributed by atoms with Gasteiger partial charge in [0.25, 0.3) is 11.7 Å². The molecule has 3 saturated heterocycles. The summed E-state index contributed by atoms with van der Waals surface area (Å²) >= 11 is 8.21. The molecule has 0 saturated carbocycles. The zero-order valence-electron chi connectivity index (χ0n) is 28.6. The molecule has 1 aromatic carbocycles. The molecule has 22 heteroatoms. The number of aromatic nitrogens is 1. The van der Waals surface area contributed by atoms with Gasteiger partial charge in [-0.05, 0) is 12.1 Å². The quantitative estimate of drug-likeness (QED) is 0.0235. The van der Waals surface area contributed by atoms with Crippen molar-refractivity contribution in [2.45, 2.75) is 37.2 Å². The molecular formula is C33H34ClN6O13S2+. The lowest BCUT2D eigenvalue weighted by Gasteiger charge is -2.50. The molecule has 2 amide bonds. The number of aromatic hydroxyl groups is 2. The van der Waals surface area contributed by atoms with Crippen molar-refractivity contribution in [2.24, 2.45) is 16.5 Å². The molecule has 2 aromatic rings. The third-order valence-electron chi connectivity index (χ3n) is 10.3. The molecule has 19 nitrogen and oxygen atoms in total. The van der Waals surface area contributed by atoms with Crippen molar-refractivity contribution in [2.75, 3.05) is 44.2 Å². The number of nitrogen functional groups attached to an aromatic ring is 1. The van der Waals surface area contributed by atoms with Gasteiger partial charge in [-0.15, -0.1) is 23.1 Å². The number of β-lactam (4-membered cyclic amide) rings is 1. The molecule has 6 rings (SSSR count). The van der Waals surface area contributed by atoms with Crippen LogP contribution < -0.4 is 11.1 Å². The Balaban J connectivity index is 1.12. The maximum atomic E-state index is 13.5. The van der Waals surface area contributed by atoms with Gasteiger partial charge in [0.1, 0.15) is 17.9 Å². The van der Waals surface area contributed by atoms with Gasteiger partial charge in [0.05, 0.1) is 47.9 Å². The lowest BCUT2D eigenvalue weighted by Crippen LogP contribution is -2.62. The number of phenols is 2. The molecule has 8 N–H and O–H groups in total. The van der Waals surface area contributed by atoms with Gasteiger partial charge >= 0.3 is 17.9 Å². The fourth-order valence-electron chi connectivity index (χ4n) is 7.58. The largest absolute Gasteiger partial charge is 0.504 e. The summed E-state index contributed by atoms with van der Waals surface area (Å²) in [6.07, 6.45) is -1.97. The average molecular weight is 822 g/mol. The number of amides is 2. The van der Waals surface area contributed by atoms with Crippen LogP contribution in [0.5, 0.6) is 11.5 Å². The number of rotatable bonds is 16. The average Bonchev–Trinajstić information content (AvgIpc) is 3.84. The van der Waals surface area contributed by atoms with Crippen LogP contribution in [0, 0.1) is 11.3 Å². The Morgan fingerprint density at radius 2 is 1.85 bits per heavy atom. The number of hydrogen-bond donors (Lipinski definition) is 7. The third kappa shape index (κ3) is 7.68. The minimum absolute atomic E-state index is 0.0469. The number of piperidine rings is 1. The summed E-state index contributed by atoms with van der Waals surface area (Å²) in [4.78, 5) is 98.0. The first-order valence-corrected chi connectivity index (χ1v) is 19.0. The lowest BCUT2D eigenvalue weighted by molar-refractivity contribution is -0.904. The lowest BCUT2D eigenvalue weighted by atomic mass is 9.84. The van der Waals surface area contributed by atoms with Crippen molar-refractivity contribution in [1.82, 2.24) is 15.2 Å². The molecule has 2 bridgehead atoms. The number of aliphatic carboxylic acids is 3. The Labute approximate surface area is 324 Å². The van der Waals surface area contributed by atoms with E-state index in [-0.39, 0.29) is 39.8 Å². The number of halogens is 1. The van der Waals surface area contributed by atoms with Crippen LogP contribution in [0.3, 0.4) is 0 Å². The Hall–Kier alpha value is -5.25. The topological polar surface area (TPSA) is 296 Å². The zero-order chi connectivity index (χ0) is 40.0. The highest BCUT2D eigenvalue weighted by Crippen LogP contribution is 2.49. The highest BCUT2D eigenvalue weighted by Gasteiger charge is 2.58. The molecule has 0 unspecified atom stereocenters. The predicted molar refractivity (Wildman–Crippen MR) is 192 cm³/mol. The number of ketones is 2. The smallest absolute Gasteiger partial charge is 0.352 e. The first kappa shape index (κ1) is 39.4. The van der Waals surface area contributed by atoms with E-state index >= 15 is 0 Å². The van der Waals surface area contributed by atoms with Crippen molar-refractivity contribution in [1.29, 1.82) is 0 Å². The van der Waals surface area contributed by atoms with E-state index in [9.17, 15) is 54.0 Å². The van der Waals surface area contributed by atoms with Crippen LogP contribution in [0.1, 0.15) is 41.7 Å². The van der Waals surface area contributed by atoms with Crippen LogP contribution in [0.25, 0.3) is 0 Å². The molecule has 5 heterocycles. The Kier molecular flexibility index (Phi) is 10.8. The summed E-state index contributed by atoms with van der Waals surface area (Å²) in [6, 6.07) is 2.19. The Morgan fingerprint density at radius 3 is 2.47 bits per heavy atom. The van der Waals surface area contributed by atoms with Crippen LogP contribution in [0.4, 0.5) is 5.13 Å². The number of carbonyl (C=O) groups excluding carboxylic acids is 4. The number of carbonyl (C=O) groups is 7. The SMILES string of the molecule is Nc1nc(/C(=N/O[C@@H](CC(=O)O)C(=O)O)C(=O)C[C@@H]2C(=O)N3C(C(=O)O)=C(C[N+]45CCC(CNC(=O)C(=O)c6ccc(O)c(O)c6Cl)(CC4)C5)CS[C@H]23)cs1. The monoisotopic (exact) mass is 821 g/mol. The molecule has 0 radical (unpaired) electrons. The number of nitrogens with two attached hydrogens (primary N) is 1. The highest BCUT2D eigenvalue weighted by molar-refractivity contribution is 8.00. The number of benzene rings is 1. The molecule has 292 valence electrons. The summed E-state index contributed by atoms with van der Waals surface area (Å²) < 4.78 is 0.512. The molecule has 4 aliphatic heterocycles. The molecule has 0 spiro atoms. The van der Waals surface area contributed by atoms with Crippen LogP contribution in [0.2, 0.25) is 5.02 Å². The molecule has 1 aromatic heterocycles. The third-order valence-corrected chi connectivity index (χ3v) is 12.8. The second-order valence-corrected chi connectivity index (χ2v) is 16.2.